The molecule has 1 aliphatic rings. The van der Waals surface area contributed by atoms with Crippen LogP contribution in [0.2, 0.25) is 0 Å². The van der Waals surface area contributed by atoms with Crippen molar-refractivity contribution in [2.45, 2.75) is 37.8 Å². The second-order valence-electron chi connectivity index (χ2n) is 4.41. The number of nitrogens with one attached hydrogen (secondary N) is 1. The topological polar surface area (TPSA) is 118 Å². The zero-order chi connectivity index (χ0) is 13.1. The van der Waals surface area contributed by atoms with Crippen LogP contribution in [0.1, 0.15) is 46.7 Å². The van der Waals surface area contributed by atoms with E-state index in [9.17, 15) is 9.59 Å². The number of carboxylic acid groups (broad SMARTS) is 1. The van der Waals surface area contributed by atoms with Crippen LogP contribution in [0.4, 0.5) is 0 Å². The highest BCUT2D eigenvalue weighted by atomic mass is 16.5. The quantitative estimate of drug-likeness (QED) is 0.716. The molecule has 0 radical (unpaired) electrons. The van der Waals surface area contributed by atoms with E-state index in [1.54, 1.807) is 0 Å². The first-order chi connectivity index (χ1) is 8.58. The Morgan fingerprint density at radius 3 is 2.78 bits per heavy atom. The predicted molar refractivity (Wildman–Crippen MR) is 61.2 cm³/mol. The molecule has 2 rings (SSSR count). The summed E-state index contributed by atoms with van der Waals surface area (Å²) in [7, 11) is 0. The molecule has 0 saturated heterocycles. The number of hydrogen-bond donors (Lipinski definition) is 3. The van der Waals surface area contributed by atoms with Gasteiger partial charge in [-0.2, -0.15) is 0 Å². The summed E-state index contributed by atoms with van der Waals surface area (Å²) < 4.78 is 4.52. The summed E-state index contributed by atoms with van der Waals surface area (Å²) in [5.41, 5.74) is 5.87. The third-order valence-electron chi connectivity index (χ3n) is 3.09. The van der Waals surface area contributed by atoms with Gasteiger partial charge >= 0.3 is 5.97 Å². The molecule has 1 aromatic rings. The second kappa shape index (κ2) is 5.18. The van der Waals surface area contributed by atoms with E-state index in [4.69, 9.17) is 10.8 Å². The van der Waals surface area contributed by atoms with Crippen molar-refractivity contribution in [3.8, 4) is 0 Å². The van der Waals surface area contributed by atoms with Crippen LogP contribution in [0.5, 0.6) is 0 Å². The average molecular weight is 253 g/mol. The van der Waals surface area contributed by atoms with Crippen LogP contribution in [0.15, 0.2) is 10.6 Å². The van der Waals surface area contributed by atoms with E-state index in [0.29, 0.717) is 0 Å². The molecule has 0 aliphatic heterocycles. The molecule has 1 aromatic heterocycles. The minimum atomic E-state index is -1.25. The highest BCUT2D eigenvalue weighted by Crippen LogP contribution is 2.17. The normalized spacial score (nSPS) is 23.6. The predicted octanol–water partition coefficient (Wildman–Crippen LogP) is 0.372. The van der Waals surface area contributed by atoms with Gasteiger partial charge in [-0.25, -0.2) is 4.79 Å². The van der Waals surface area contributed by atoms with Gasteiger partial charge in [0.2, 0.25) is 5.76 Å². The van der Waals surface area contributed by atoms with Gasteiger partial charge in [0, 0.05) is 18.2 Å². The summed E-state index contributed by atoms with van der Waals surface area (Å²) in [6, 6.07) is 0.955. The standard InChI is InChI=1S/C11H15N3O4/c12-6-3-1-2-4-7(6)13-10(15)8-5-9(11(16)17)18-14-8/h5-7H,1-4,12H2,(H,13,15)(H,16,17). The van der Waals surface area contributed by atoms with Crippen LogP contribution >= 0.6 is 0 Å². The Labute approximate surface area is 103 Å². The molecule has 1 fully saturated rings. The van der Waals surface area contributed by atoms with Crippen LogP contribution < -0.4 is 11.1 Å². The third kappa shape index (κ3) is 2.67. The minimum Gasteiger partial charge on any atom is -0.475 e. The number of amides is 1. The molecule has 0 bridgehead atoms. The number of carbonyl (C=O) groups excluding carboxylic acids is 1. The number of nitrogens with two attached hydrogens (primary N) is 1. The molecular formula is C11H15N3O4. The summed E-state index contributed by atoms with van der Waals surface area (Å²) in [4.78, 5) is 22.4. The Morgan fingerprint density at radius 2 is 2.17 bits per heavy atom. The van der Waals surface area contributed by atoms with Gasteiger partial charge in [-0.1, -0.05) is 18.0 Å². The first kappa shape index (κ1) is 12.6. The summed E-state index contributed by atoms with van der Waals surface area (Å²) in [5, 5.41) is 14.8. The average Bonchev–Trinajstić information content (AvgIpc) is 2.81. The van der Waals surface area contributed by atoms with Crippen LogP contribution in [0.25, 0.3) is 0 Å². The Kier molecular flexibility index (Phi) is 3.61. The molecule has 2 unspecified atom stereocenters. The lowest BCUT2D eigenvalue weighted by molar-refractivity contribution is 0.0651. The van der Waals surface area contributed by atoms with Crippen LogP contribution in [0.3, 0.4) is 0 Å². The van der Waals surface area contributed by atoms with E-state index in [1.165, 1.54) is 0 Å². The fraction of sp³-hybridized carbons (Fsp3) is 0.545. The first-order valence-electron chi connectivity index (χ1n) is 5.84. The molecule has 4 N–H and O–H groups in total. The maximum absolute atomic E-state index is 11.8. The monoisotopic (exact) mass is 253 g/mol. The first-order valence-corrected chi connectivity index (χ1v) is 5.84. The van der Waals surface area contributed by atoms with Crippen molar-refractivity contribution >= 4 is 11.9 Å². The van der Waals surface area contributed by atoms with E-state index in [-0.39, 0.29) is 23.5 Å². The van der Waals surface area contributed by atoms with Crippen LogP contribution in [-0.4, -0.2) is 34.2 Å². The van der Waals surface area contributed by atoms with Gasteiger partial charge in [-0.15, -0.1) is 0 Å². The number of aromatic carboxylic acids is 1. The van der Waals surface area contributed by atoms with Crippen molar-refractivity contribution in [3.63, 3.8) is 0 Å². The molecule has 1 amide bonds. The smallest absolute Gasteiger partial charge is 0.374 e. The zero-order valence-electron chi connectivity index (χ0n) is 9.76. The van der Waals surface area contributed by atoms with E-state index in [2.05, 4.69) is 15.0 Å². The molecule has 0 spiro atoms. The lowest BCUT2D eigenvalue weighted by Gasteiger charge is -2.28. The maximum Gasteiger partial charge on any atom is 0.374 e. The lowest BCUT2D eigenvalue weighted by atomic mass is 9.91. The molecule has 2 atom stereocenters. The van der Waals surface area contributed by atoms with Gasteiger partial charge in [0.15, 0.2) is 5.69 Å². The van der Waals surface area contributed by atoms with E-state index in [1.807, 2.05) is 0 Å². The van der Waals surface area contributed by atoms with Crippen molar-refractivity contribution in [2.75, 3.05) is 0 Å². The van der Waals surface area contributed by atoms with Crippen molar-refractivity contribution in [3.05, 3.63) is 17.5 Å². The van der Waals surface area contributed by atoms with Gasteiger partial charge < -0.3 is 20.7 Å². The second-order valence-corrected chi connectivity index (χ2v) is 4.41. The molecule has 7 nitrogen and oxygen atoms in total. The third-order valence-corrected chi connectivity index (χ3v) is 3.09. The summed E-state index contributed by atoms with van der Waals surface area (Å²) in [5.74, 6) is -2.06. The van der Waals surface area contributed by atoms with Crippen molar-refractivity contribution in [1.82, 2.24) is 10.5 Å². The highest BCUT2D eigenvalue weighted by Gasteiger charge is 2.25. The van der Waals surface area contributed by atoms with E-state index >= 15 is 0 Å². The molecule has 1 aliphatic carbocycles. The van der Waals surface area contributed by atoms with Gasteiger partial charge in [-0.3, -0.25) is 4.79 Å². The number of carboxylic acids is 1. The number of carbonyl (C=O) groups is 2. The summed E-state index contributed by atoms with van der Waals surface area (Å²) in [6.45, 7) is 0. The van der Waals surface area contributed by atoms with Crippen molar-refractivity contribution in [1.29, 1.82) is 0 Å². The fourth-order valence-corrected chi connectivity index (χ4v) is 2.06. The van der Waals surface area contributed by atoms with Crippen LogP contribution in [0, 0.1) is 0 Å². The number of hydrogen-bond acceptors (Lipinski definition) is 5. The Hall–Kier alpha value is -1.89. The van der Waals surface area contributed by atoms with Crippen LogP contribution in [-0.2, 0) is 0 Å². The number of nitrogens with zero attached hydrogens (tertiary/aromatic N) is 1. The molecule has 98 valence electrons. The summed E-state index contributed by atoms with van der Waals surface area (Å²) in [6.07, 6.45) is 3.80. The zero-order valence-corrected chi connectivity index (χ0v) is 9.76. The molecule has 7 heteroatoms. The SMILES string of the molecule is NC1CCCCC1NC(=O)c1cc(C(=O)O)on1. The largest absolute Gasteiger partial charge is 0.475 e. The number of aromatic nitrogens is 1. The van der Waals surface area contributed by atoms with Crippen molar-refractivity contribution < 1.29 is 19.2 Å². The molecule has 1 saturated carbocycles. The highest BCUT2D eigenvalue weighted by molar-refractivity contribution is 5.95. The van der Waals surface area contributed by atoms with Gasteiger partial charge in [-0.05, 0) is 12.8 Å². The Morgan fingerprint density at radius 1 is 1.44 bits per heavy atom. The van der Waals surface area contributed by atoms with Gasteiger partial charge in [0.1, 0.15) is 0 Å². The number of rotatable bonds is 3. The molecule has 0 aromatic carbocycles. The Bertz CT molecular complexity index is 457. The van der Waals surface area contributed by atoms with E-state index < -0.39 is 11.9 Å². The van der Waals surface area contributed by atoms with E-state index in [0.717, 1.165) is 31.7 Å². The Balaban J connectivity index is 2.00. The molecule has 1 heterocycles. The fourth-order valence-electron chi connectivity index (χ4n) is 2.06. The lowest BCUT2D eigenvalue weighted by Crippen LogP contribution is -2.49. The summed E-state index contributed by atoms with van der Waals surface area (Å²) >= 11 is 0. The molecular weight excluding hydrogens is 238 g/mol. The minimum absolute atomic E-state index is 0.0369. The van der Waals surface area contributed by atoms with Gasteiger partial charge in [0.25, 0.3) is 5.91 Å². The maximum atomic E-state index is 11.8. The molecule has 18 heavy (non-hydrogen) atoms. The van der Waals surface area contributed by atoms with Gasteiger partial charge in [0.05, 0.1) is 0 Å². The van der Waals surface area contributed by atoms with Crippen molar-refractivity contribution in [2.24, 2.45) is 5.73 Å².